The molecule has 3 heteroatoms. The molecule has 0 N–H and O–H groups in total. The van der Waals surface area contributed by atoms with Crippen molar-refractivity contribution in [3.05, 3.63) is 31.1 Å². The Morgan fingerprint density at radius 2 is 1.93 bits per heavy atom. The van der Waals surface area contributed by atoms with Crippen molar-refractivity contribution in [1.29, 1.82) is 0 Å². The Labute approximate surface area is 93.0 Å². The molecule has 0 amide bonds. The topological polar surface area (TPSA) is 34.1 Å². The maximum atomic E-state index is 12.0. The summed E-state index contributed by atoms with van der Waals surface area (Å²) >= 11 is 1.51. The predicted octanol–water partition coefficient (Wildman–Crippen LogP) is 2.50. The summed E-state index contributed by atoms with van der Waals surface area (Å²) in [5.41, 5.74) is 1.71. The first-order valence-corrected chi connectivity index (χ1v) is 6.16. The van der Waals surface area contributed by atoms with Crippen LogP contribution in [0.2, 0.25) is 0 Å². The molecule has 0 fully saturated rings. The maximum Gasteiger partial charge on any atom is 0.187 e. The van der Waals surface area contributed by atoms with Crippen molar-refractivity contribution in [2.24, 2.45) is 0 Å². The largest absolute Gasteiger partial charge is 0.297 e. The molecule has 1 aliphatic rings. The fourth-order valence-corrected chi connectivity index (χ4v) is 3.19. The predicted molar refractivity (Wildman–Crippen MR) is 62.0 cm³/mol. The number of rotatable bonds is 1. The highest BCUT2D eigenvalue weighted by Crippen LogP contribution is 2.24. The molecule has 0 unspecified atom stereocenters. The standard InChI is InChI=1S/C12H14O2S/c1-8-11(7-13)15-10-6-4-2-3-5-9(10)12(8)14/h7H,2-6H2,1H3. The summed E-state index contributed by atoms with van der Waals surface area (Å²) < 4.78 is 0. The average molecular weight is 222 g/mol. The van der Waals surface area contributed by atoms with Crippen molar-refractivity contribution in [1.82, 2.24) is 0 Å². The van der Waals surface area contributed by atoms with Gasteiger partial charge in [0, 0.05) is 16.0 Å². The number of hydrogen-bond donors (Lipinski definition) is 0. The number of aryl methyl sites for hydroxylation is 1. The van der Waals surface area contributed by atoms with Crippen LogP contribution >= 0.6 is 11.3 Å². The van der Waals surface area contributed by atoms with E-state index in [1.165, 1.54) is 17.8 Å². The van der Waals surface area contributed by atoms with Crippen molar-refractivity contribution in [3.8, 4) is 0 Å². The van der Waals surface area contributed by atoms with E-state index in [9.17, 15) is 9.59 Å². The summed E-state index contributed by atoms with van der Waals surface area (Å²) in [6, 6.07) is 0. The van der Waals surface area contributed by atoms with Crippen LogP contribution in [-0.2, 0) is 12.8 Å². The molecule has 2 rings (SSSR count). The highest BCUT2D eigenvalue weighted by molar-refractivity contribution is 7.13. The number of aldehydes is 1. The van der Waals surface area contributed by atoms with Crippen LogP contribution in [0.15, 0.2) is 4.79 Å². The lowest BCUT2D eigenvalue weighted by Gasteiger charge is -2.06. The third-order valence-electron chi connectivity index (χ3n) is 2.99. The molecular formula is C12H14O2S. The Morgan fingerprint density at radius 3 is 2.67 bits per heavy atom. The number of hydrogen-bond acceptors (Lipinski definition) is 3. The molecule has 0 spiro atoms. The monoisotopic (exact) mass is 222 g/mol. The van der Waals surface area contributed by atoms with Gasteiger partial charge in [-0.3, -0.25) is 9.59 Å². The van der Waals surface area contributed by atoms with Crippen LogP contribution in [0, 0.1) is 6.92 Å². The first-order valence-electron chi connectivity index (χ1n) is 5.34. The summed E-state index contributed by atoms with van der Waals surface area (Å²) in [5.74, 6) is 0. The van der Waals surface area contributed by atoms with Crippen LogP contribution in [0.3, 0.4) is 0 Å². The van der Waals surface area contributed by atoms with Gasteiger partial charge >= 0.3 is 0 Å². The van der Waals surface area contributed by atoms with Crippen molar-refractivity contribution < 1.29 is 4.79 Å². The van der Waals surface area contributed by atoms with Gasteiger partial charge in [0.1, 0.15) is 0 Å². The van der Waals surface area contributed by atoms with Crippen molar-refractivity contribution in [2.45, 2.75) is 39.0 Å². The molecule has 0 saturated heterocycles. The summed E-state index contributed by atoms with van der Waals surface area (Å²) in [7, 11) is 0. The first kappa shape index (κ1) is 10.6. The van der Waals surface area contributed by atoms with E-state index in [4.69, 9.17) is 0 Å². The van der Waals surface area contributed by atoms with Crippen LogP contribution in [0.4, 0.5) is 0 Å². The number of carbonyl (C=O) groups is 1. The van der Waals surface area contributed by atoms with Gasteiger partial charge in [0.2, 0.25) is 0 Å². The van der Waals surface area contributed by atoms with Gasteiger partial charge in [0.15, 0.2) is 11.7 Å². The zero-order chi connectivity index (χ0) is 10.8. The Morgan fingerprint density at radius 1 is 1.20 bits per heavy atom. The zero-order valence-electron chi connectivity index (χ0n) is 8.84. The molecule has 1 aromatic heterocycles. The molecule has 1 heterocycles. The molecule has 0 aliphatic heterocycles. The molecule has 1 aromatic rings. The van der Waals surface area contributed by atoms with Gasteiger partial charge in [0.25, 0.3) is 0 Å². The van der Waals surface area contributed by atoms with Gasteiger partial charge in [-0.15, -0.1) is 11.3 Å². The van der Waals surface area contributed by atoms with Crippen molar-refractivity contribution >= 4 is 17.6 Å². The normalized spacial score (nSPS) is 15.5. The highest BCUT2D eigenvalue weighted by Gasteiger charge is 2.16. The minimum absolute atomic E-state index is 0.104. The van der Waals surface area contributed by atoms with Gasteiger partial charge in [0.05, 0.1) is 4.88 Å². The number of carbonyl (C=O) groups excluding carboxylic acids is 1. The fourth-order valence-electron chi connectivity index (χ4n) is 2.07. The summed E-state index contributed by atoms with van der Waals surface area (Å²) in [5, 5.41) is 0. The van der Waals surface area contributed by atoms with Crippen LogP contribution in [0.1, 0.15) is 44.9 Å². The smallest absolute Gasteiger partial charge is 0.187 e. The molecule has 0 saturated carbocycles. The van der Waals surface area contributed by atoms with Crippen LogP contribution in [-0.4, -0.2) is 6.29 Å². The third kappa shape index (κ3) is 1.88. The molecule has 0 aromatic carbocycles. The van der Waals surface area contributed by atoms with Crippen molar-refractivity contribution in [3.63, 3.8) is 0 Å². The molecule has 1 aliphatic carbocycles. The highest BCUT2D eigenvalue weighted by atomic mass is 32.1. The van der Waals surface area contributed by atoms with E-state index in [-0.39, 0.29) is 5.43 Å². The summed E-state index contributed by atoms with van der Waals surface area (Å²) in [6.07, 6.45) is 6.11. The van der Waals surface area contributed by atoms with E-state index < -0.39 is 0 Å². The van der Waals surface area contributed by atoms with E-state index >= 15 is 0 Å². The second kappa shape index (κ2) is 4.27. The maximum absolute atomic E-state index is 12.0. The SMILES string of the molecule is Cc1c(C=O)sc2c(c1=O)CCCCC2. The minimum Gasteiger partial charge on any atom is -0.297 e. The van der Waals surface area contributed by atoms with Gasteiger partial charge in [-0.05, 0) is 32.6 Å². The zero-order valence-corrected chi connectivity index (χ0v) is 9.65. The van der Waals surface area contributed by atoms with Crippen LogP contribution in [0.5, 0.6) is 0 Å². The molecule has 0 atom stereocenters. The molecule has 15 heavy (non-hydrogen) atoms. The van der Waals surface area contributed by atoms with Gasteiger partial charge < -0.3 is 0 Å². The lowest BCUT2D eigenvalue weighted by molar-refractivity contribution is 0.112. The van der Waals surface area contributed by atoms with E-state index in [1.54, 1.807) is 6.92 Å². The fraction of sp³-hybridized carbons (Fsp3) is 0.500. The molecule has 0 radical (unpaired) electrons. The Bertz CT molecular complexity index is 446. The van der Waals surface area contributed by atoms with Gasteiger partial charge in [-0.1, -0.05) is 6.42 Å². The Balaban J connectivity index is 2.63. The summed E-state index contributed by atoms with van der Waals surface area (Å²) in [4.78, 5) is 24.6. The van der Waals surface area contributed by atoms with Gasteiger partial charge in [-0.2, -0.15) is 0 Å². The summed E-state index contributed by atoms with van der Waals surface area (Å²) in [6.45, 7) is 1.76. The first-order chi connectivity index (χ1) is 7.24. The lowest BCUT2D eigenvalue weighted by atomic mass is 10.1. The third-order valence-corrected chi connectivity index (χ3v) is 4.31. The Hall–Kier alpha value is -0.960. The second-order valence-electron chi connectivity index (χ2n) is 4.00. The minimum atomic E-state index is 0.104. The van der Waals surface area contributed by atoms with E-state index in [1.807, 2.05) is 0 Å². The van der Waals surface area contributed by atoms with Gasteiger partial charge in [-0.25, -0.2) is 0 Å². The van der Waals surface area contributed by atoms with Crippen LogP contribution in [0.25, 0.3) is 0 Å². The molecule has 80 valence electrons. The quantitative estimate of drug-likeness (QED) is 0.540. The number of fused-ring (bicyclic) bond motifs is 1. The van der Waals surface area contributed by atoms with E-state index in [0.29, 0.717) is 10.4 Å². The second-order valence-corrected chi connectivity index (χ2v) is 5.14. The Kier molecular flexibility index (Phi) is 3.00. The van der Waals surface area contributed by atoms with Crippen LogP contribution < -0.4 is 5.43 Å². The molecular weight excluding hydrogens is 208 g/mol. The van der Waals surface area contributed by atoms with Crippen molar-refractivity contribution in [2.75, 3.05) is 0 Å². The van der Waals surface area contributed by atoms with E-state index in [2.05, 4.69) is 0 Å². The lowest BCUT2D eigenvalue weighted by Crippen LogP contribution is -2.15. The molecule has 2 nitrogen and oxygen atoms in total. The molecule has 0 bridgehead atoms. The average Bonchev–Trinajstić information content (AvgIpc) is 2.48. The van der Waals surface area contributed by atoms with E-state index in [0.717, 1.165) is 42.4 Å².